The molecule has 4 heteroatoms. The van der Waals surface area contributed by atoms with Gasteiger partial charge in [0.15, 0.2) is 6.29 Å². The summed E-state index contributed by atoms with van der Waals surface area (Å²) in [6.45, 7) is 1.65. The Bertz CT molecular complexity index is 931. The third kappa shape index (κ3) is 4.89. The summed E-state index contributed by atoms with van der Waals surface area (Å²) in [4.78, 5) is 0. The van der Waals surface area contributed by atoms with E-state index in [-0.39, 0.29) is 30.5 Å². The van der Waals surface area contributed by atoms with Crippen LogP contribution < -0.4 is 0 Å². The summed E-state index contributed by atoms with van der Waals surface area (Å²) in [5.41, 5.74) is 3.46. The van der Waals surface area contributed by atoms with Crippen LogP contribution in [0.5, 0.6) is 0 Å². The molecular weight excluding hydrogens is 388 g/mol. The highest BCUT2D eigenvalue weighted by Gasteiger charge is 2.56. The second-order valence-corrected chi connectivity index (χ2v) is 8.26. The van der Waals surface area contributed by atoms with Crippen molar-refractivity contribution in [1.29, 1.82) is 0 Å². The van der Waals surface area contributed by atoms with E-state index in [0.717, 1.165) is 23.1 Å². The molecule has 1 saturated carbocycles. The topological polar surface area (TPSA) is 36.9 Å². The molecule has 0 spiro atoms. The predicted molar refractivity (Wildman–Crippen MR) is 118 cm³/mol. The molecule has 1 heterocycles. The first-order chi connectivity index (χ1) is 15.4. The number of benzene rings is 3. The molecule has 1 aliphatic heterocycles. The van der Waals surface area contributed by atoms with E-state index in [9.17, 15) is 0 Å². The molecule has 0 radical (unpaired) electrons. The Morgan fingerprint density at radius 1 is 0.581 bits per heavy atom. The fourth-order valence-corrected chi connectivity index (χ4v) is 4.53. The summed E-state index contributed by atoms with van der Waals surface area (Å²) in [6, 6.07) is 30.7. The molecule has 0 aromatic heterocycles. The van der Waals surface area contributed by atoms with Crippen molar-refractivity contribution in [2.45, 2.75) is 50.8 Å². The van der Waals surface area contributed by atoms with Gasteiger partial charge in [0.1, 0.15) is 6.10 Å². The molecule has 5 rings (SSSR count). The van der Waals surface area contributed by atoms with Crippen molar-refractivity contribution in [2.24, 2.45) is 5.92 Å². The van der Waals surface area contributed by atoms with Crippen LogP contribution in [-0.2, 0) is 38.8 Å². The minimum absolute atomic E-state index is 0.00439. The summed E-state index contributed by atoms with van der Waals surface area (Å²) in [5, 5.41) is 0. The fraction of sp³-hybridized carbons (Fsp3) is 0.333. The summed E-state index contributed by atoms with van der Waals surface area (Å²) in [7, 11) is 0. The lowest BCUT2D eigenvalue weighted by Gasteiger charge is -2.35. The molecule has 0 unspecified atom stereocenters. The van der Waals surface area contributed by atoms with Crippen molar-refractivity contribution in [3.05, 3.63) is 108 Å². The second-order valence-electron chi connectivity index (χ2n) is 8.26. The van der Waals surface area contributed by atoms with Crippen LogP contribution in [0.1, 0.15) is 23.1 Å². The minimum atomic E-state index is -0.262. The smallest absolute Gasteiger partial charge is 0.163 e. The lowest BCUT2D eigenvalue weighted by atomic mass is 10.0. The van der Waals surface area contributed by atoms with Gasteiger partial charge < -0.3 is 18.9 Å². The van der Waals surface area contributed by atoms with Crippen LogP contribution in [0.4, 0.5) is 0 Å². The van der Waals surface area contributed by atoms with Gasteiger partial charge in [-0.3, -0.25) is 0 Å². The molecule has 0 amide bonds. The third-order valence-electron chi connectivity index (χ3n) is 6.10. The number of rotatable bonds is 9. The average Bonchev–Trinajstić information content (AvgIpc) is 3.40. The Hall–Kier alpha value is -2.50. The van der Waals surface area contributed by atoms with Crippen LogP contribution >= 0.6 is 0 Å². The van der Waals surface area contributed by atoms with Crippen molar-refractivity contribution in [3.8, 4) is 0 Å². The quantitative estimate of drug-likeness (QED) is 0.485. The number of ether oxygens (including phenoxy) is 4. The summed E-state index contributed by atoms with van der Waals surface area (Å²) in [5.74, 6) is 0.165. The molecular formula is C27H28O4. The summed E-state index contributed by atoms with van der Waals surface area (Å²) in [6.07, 6.45) is 0.491. The lowest BCUT2D eigenvalue weighted by Crippen LogP contribution is -2.46. The molecule has 3 aromatic carbocycles. The lowest BCUT2D eigenvalue weighted by molar-refractivity contribution is -0.247. The van der Waals surface area contributed by atoms with E-state index in [1.54, 1.807) is 0 Å². The standard InChI is InChI=1S/C27H28O4/c1-4-10-20(11-5-1)17-28-25-23-16-24(26(25)29-18-21-12-6-2-7-13-21)31-27(23)30-19-22-14-8-3-9-15-22/h1-15,23-27H,16-19H2/t23-,24+,25+,26+,27-/m0/s1. The molecule has 2 fully saturated rings. The maximum absolute atomic E-state index is 6.42. The number of fused-ring (bicyclic) bond motifs is 2. The van der Waals surface area contributed by atoms with E-state index >= 15 is 0 Å². The van der Waals surface area contributed by atoms with Gasteiger partial charge in [-0.2, -0.15) is 0 Å². The van der Waals surface area contributed by atoms with Crippen LogP contribution in [0.3, 0.4) is 0 Å². The Kier molecular flexibility index (Phi) is 6.42. The van der Waals surface area contributed by atoms with Gasteiger partial charge in [-0.1, -0.05) is 91.0 Å². The highest BCUT2D eigenvalue weighted by molar-refractivity contribution is 5.16. The van der Waals surface area contributed by atoms with Gasteiger partial charge in [-0.25, -0.2) is 0 Å². The Labute approximate surface area is 183 Å². The molecule has 2 bridgehead atoms. The first-order valence-corrected chi connectivity index (χ1v) is 11.0. The van der Waals surface area contributed by atoms with E-state index in [1.165, 1.54) is 0 Å². The predicted octanol–water partition coefficient (Wildman–Crippen LogP) is 5.12. The molecule has 4 nitrogen and oxygen atoms in total. The molecule has 2 aliphatic rings. The van der Waals surface area contributed by atoms with Crippen LogP contribution in [0.25, 0.3) is 0 Å². The molecule has 0 N–H and O–H groups in total. The van der Waals surface area contributed by atoms with Crippen LogP contribution in [0.15, 0.2) is 91.0 Å². The van der Waals surface area contributed by atoms with Crippen molar-refractivity contribution < 1.29 is 18.9 Å². The fourth-order valence-electron chi connectivity index (χ4n) is 4.53. The van der Waals surface area contributed by atoms with Gasteiger partial charge in [0, 0.05) is 5.92 Å². The Morgan fingerprint density at radius 3 is 1.55 bits per heavy atom. The van der Waals surface area contributed by atoms with Crippen LogP contribution in [0, 0.1) is 5.92 Å². The summed E-state index contributed by atoms with van der Waals surface area (Å²) >= 11 is 0. The van der Waals surface area contributed by atoms with E-state index in [4.69, 9.17) is 18.9 Å². The molecule has 31 heavy (non-hydrogen) atoms. The highest BCUT2D eigenvalue weighted by Crippen LogP contribution is 2.44. The number of hydrogen-bond acceptors (Lipinski definition) is 4. The van der Waals surface area contributed by atoms with Gasteiger partial charge >= 0.3 is 0 Å². The monoisotopic (exact) mass is 416 g/mol. The maximum Gasteiger partial charge on any atom is 0.163 e. The average molecular weight is 417 g/mol. The Morgan fingerprint density at radius 2 is 1.03 bits per heavy atom. The van der Waals surface area contributed by atoms with Gasteiger partial charge in [0.25, 0.3) is 0 Å². The maximum atomic E-state index is 6.42. The summed E-state index contributed by atoms with van der Waals surface area (Å²) < 4.78 is 25.1. The van der Waals surface area contributed by atoms with Gasteiger partial charge in [0.2, 0.25) is 0 Å². The molecule has 1 aliphatic carbocycles. The van der Waals surface area contributed by atoms with E-state index < -0.39 is 0 Å². The molecule has 1 saturated heterocycles. The Balaban J connectivity index is 1.25. The first kappa shape index (κ1) is 20.4. The minimum Gasteiger partial charge on any atom is -0.370 e. The van der Waals surface area contributed by atoms with Gasteiger partial charge in [0.05, 0.1) is 32.0 Å². The third-order valence-corrected chi connectivity index (χ3v) is 6.10. The zero-order valence-corrected chi connectivity index (χ0v) is 17.5. The SMILES string of the molecule is c1ccc(CO[C@H]2O[C@@H]3C[C@H]2[C@@H](OCc2ccccc2)[C@@H]3OCc2ccccc2)cc1. The van der Waals surface area contributed by atoms with Gasteiger partial charge in [-0.05, 0) is 23.1 Å². The molecule has 5 atom stereocenters. The molecule has 3 aromatic rings. The van der Waals surface area contributed by atoms with Crippen LogP contribution in [0.2, 0.25) is 0 Å². The highest BCUT2D eigenvalue weighted by atomic mass is 16.7. The number of hydrogen-bond donors (Lipinski definition) is 0. The zero-order valence-electron chi connectivity index (χ0n) is 17.5. The largest absolute Gasteiger partial charge is 0.370 e. The van der Waals surface area contributed by atoms with Crippen LogP contribution in [-0.4, -0.2) is 24.6 Å². The normalized spacial score (nSPS) is 26.9. The first-order valence-electron chi connectivity index (χ1n) is 11.0. The van der Waals surface area contributed by atoms with E-state index in [2.05, 4.69) is 36.4 Å². The van der Waals surface area contributed by atoms with E-state index in [1.807, 2.05) is 54.6 Å². The zero-order chi connectivity index (χ0) is 20.9. The van der Waals surface area contributed by atoms with Gasteiger partial charge in [-0.15, -0.1) is 0 Å². The van der Waals surface area contributed by atoms with Crippen molar-refractivity contribution in [3.63, 3.8) is 0 Å². The second kappa shape index (κ2) is 9.75. The molecule has 160 valence electrons. The van der Waals surface area contributed by atoms with E-state index in [0.29, 0.717) is 19.8 Å². The van der Waals surface area contributed by atoms with Crippen molar-refractivity contribution >= 4 is 0 Å². The van der Waals surface area contributed by atoms with Crippen molar-refractivity contribution in [2.75, 3.05) is 0 Å². The van der Waals surface area contributed by atoms with Crippen molar-refractivity contribution in [1.82, 2.24) is 0 Å².